The van der Waals surface area contributed by atoms with E-state index in [9.17, 15) is 19.8 Å². The first-order valence-corrected chi connectivity index (χ1v) is 19.2. The number of nitrogens with zero attached hydrogens (tertiary/aromatic N) is 3. The molecule has 1 saturated heterocycles. The lowest BCUT2D eigenvalue weighted by atomic mass is 9.86. The number of hydrogen-bond donors (Lipinski definition) is 3. The van der Waals surface area contributed by atoms with Gasteiger partial charge in [0.05, 0.1) is 6.61 Å². The highest BCUT2D eigenvalue weighted by molar-refractivity contribution is 5.97. The number of carbonyl (C=O) groups is 2. The molecule has 1 aliphatic heterocycles. The fourth-order valence-corrected chi connectivity index (χ4v) is 6.94. The van der Waals surface area contributed by atoms with Crippen LogP contribution in [0.3, 0.4) is 0 Å². The van der Waals surface area contributed by atoms with Crippen LogP contribution in [0, 0.1) is 5.92 Å². The highest BCUT2D eigenvalue weighted by Crippen LogP contribution is 2.28. The maximum atomic E-state index is 14.1. The van der Waals surface area contributed by atoms with Gasteiger partial charge in [0.25, 0.3) is 5.91 Å². The minimum Gasteiger partial charge on any atom is -0.494 e. The zero-order valence-corrected chi connectivity index (χ0v) is 31.9. The van der Waals surface area contributed by atoms with Crippen LogP contribution in [0.4, 0.5) is 0 Å². The molecule has 0 radical (unpaired) electrons. The minimum atomic E-state index is -1.52. The Hall–Kier alpha value is -4.60. The summed E-state index contributed by atoms with van der Waals surface area (Å²) in [4.78, 5) is 38.6. The van der Waals surface area contributed by atoms with Crippen LogP contribution >= 0.6 is 0 Å². The largest absolute Gasteiger partial charge is 0.494 e. The van der Waals surface area contributed by atoms with E-state index in [4.69, 9.17) is 4.74 Å². The number of likely N-dealkylation sites (tertiary alicyclic amines) is 1. The minimum absolute atomic E-state index is 0.0559. The fraction of sp³-hybridized carbons (Fsp3) is 0.455. The van der Waals surface area contributed by atoms with E-state index in [1.165, 1.54) is 25.7 Å². The molecule has 9 heteroatoms. The van der Waals surface area contributed by atoms with Gasteiger partial charge in [-0.25, -0.2) is 9.97 Å². The lowest BCUT2D eigenvalue weighted by Crippen LogP contribution is -2.57. The maximum Gasteiger partial charge on any atom is 0.251 e. The van der Waals surface area contributed by atoms with Crippen LogP contribution < -0.4 is 10.1 Å². The van der Waals surface area contributed by atoms with Gasteiger partial charge in [-0.15, -0.1) is 0 Å². The average molecular weight is 721 g/mol. The Labute approximate surface area is 314 Å². The molecule has 0 unspecified atom stereocenters. The number of aliphatic hydroxyl groups excluding tert-OH is 1. The molecule has 3 N–H and O–H groups in total. The van der Waals surface area contributed by atoms with Crippen LogP contribution in [0.1, 0.15) is 101 Å². The number of amides is 2. The molecule has 1 fully saturated rings. The second kappa shape index (κ2) is 18.4. The second-order valence-corrected chi connectivity index (χ2v) is 15.3. The van der Waals surface area contributed by atoms with Gasteiger partial charge >= 0.3 is 0 Å². The van der Waals surface area contributed by atoms with Gasteiger partial charge in [0.15, 0.2) is 12.1 Å². The van der Waals surface area contributed by atoms with Crippen LogP contribution in [0.15, 0.2) is 85.2 Å². The molecule has 5 rings (SSSR count). The molecule has 4 aromatic rings. The lowest BCUT2D eigenvalue weighted by molar-refractivity contribution is -0.149. The summed E-state index contributed by atoms with van der Waals surface area (Å²) in [6, 6.07) is 22.0. The molecule has 282 valence electrons. The van der Waals surface area contributed by atoms with Crippen LogP contribution in [0.25, 0.3) is 22.5 Å². The van der Waals surface area contributed by atoms with Gasteiger partial charge in [-0.3, -0.25) is 9.59 Å². The Morgan fingerprint density at radius 2 is 1.51 bits per heavy atom. The Kier molecular flexibility index (Phi) is 13.8. The van der Waals surface area contributed by atoms with Crippen molar-refractivity contribution >= 4 is 11.8 Å². The average Bonchev–Trinajstić information content (AvgIpc) is 3.16. The number of benzene rings is 3. The topological polar surface area (TPSA) is 125 Å². The summed E-state index contributed by atoms with van der Waals surface area (Å²) in [5.74, 6) is 0.408. The summed E-state index contributed by atoms with van der Waals surface area (Å²) < 4.78 is 5.91. The van der Waals surface area contributed by atoms with E-state index in [1.807, 2.05) is 80.0 Å². The molecular formula is C44H56N4O5. The Morgan fingerprint density at radius 1 is 0.868 bits per heavy atom. The standard InChI is InChI=1S/C44H56N4O5/c1-6-7-8-9-10-26-53-37-23-19-32(20-24-37)35-28-45-40(46-29-35)33-15-13-31(14-16-33)27-39(42(50)48-25-11-12-38(30(48)2)43(51)52)47-41(49)34-17-21-36(22-18-34)44(3,4)5/h13-24,28-30,38-39,43,51-52H,6-12,25-27H2,1-5H3,(H,47,49)/t30-,38-,39+/m1/s1. The molecule has 1 aromatic heterocycles. The zero-order valence-electron chi connectivity index (χ0n) is 31.9. The van der Waals surface area contributed by atoms with Crippen molar-refractivity contribution < 1.29 is 24.5 Å². The van der Waals surface area contributed by atoms with Crippen molar-refractivity contribution in [3.8, 4) is 28.3 Å². The van der Waals surface area contributed by atoms with E-state index in [0.717, 1.165) is 46.6 Å². The summed E-state index contributed by atoms with van der Waals surface area (Å²) >= 11 is 0. The van der Waals surface area contributed by atoms with E-state index in [0.29, 0.717) is 30.8 Å². The molecule has 9 nitrogen and oxygen atoms in total. The van der Waals surface area contributed by atoms with Gasteiger partial charge in [-0.1, -0.05) is 102 Å². The second-order valence-electron chi connectivity index (χ2n) is 15.3. The van der Waals surface area contributed by atoms with Gasteiger partial charge in [0.1, 0.15) is 11.8 Å². The van der Waals surface area contributed by atoms with Crippen molar-refractivity contribution in [2.24, 2.45) is 5.92 Å². The summed E-state index contributed by atoms with van der Waals surface area (Å²) in [5, 5.41) is 23.0. The van der Waals surface area contributed by atoms with Crippen molar-refractivity contribution in [3.63, 3.8) is 0 Å². The van der Waals surface area contributed by atoms with Crippen LogP contribution in [-0.4, -0.2) is 68.4 Å². The van der Waals surface area contributed by atoms with E-state index in [1.54, 1.807) is 17.0 Å². The van der Waals surface area contributed by atoms with Crippen LogP contribution in [0.2, 0.25) is 0 Å². The van der Waals surface area contributed by atoms with Gasteiger partial charge in [0.2, 0.25) is 5.91 Å². The molecule has 0 spiro atoms. The van der Waals surface area contributed by atoms with E-state index >= 15 is 0 Å². The molecule has 0 saturated carbocycles. The normalized spacial score (nSPS) is 16.7. The Morgan fingerprint density at radius 3 is 2.13 bits per heavy atom. The summed E-state index contributed by atoms with van der Waals surface area (Å²) in [5.41, 5.74) is 5.13. The number of piperidine rings is 1. The van der Waals surface area contributed by atoms with Crippen molar-refractivity contribution in [3.05, 3.63) is 102 Å². The summed E-state index contributed by atoms with van der Waals surface area (Å²) in [6.45, 7) is 11.6. The zero-order chi connectivity index (χ0) is 38.0. The number of aliphatic hydroxyl groups is 2. The molecule has 0 bridgehead atoms. The maximum absolute atomic E-state index is 14.1. The van der Waals surface area contributed by atoms with E-state index in [-0.39, 0.29) is 29.7 Å². The lowest BCUT2D eigenvalue weighted by Gasteiger charge is -2.41. The summed E-state index contributed by atoms with van der Waals surface area (Å²) in [6.07, 6.45) is 9.67. The van der Waals surface area contributed by atoms with Crippen molar-refractivity contribution in [2.75, 3.05) is 13.2 Å². The number of carbonyl (C=O) groups excluding carboxylic acids is 2. The smallest absolute Gasteiger partial charge is 0.251 e. The number of nitrogens with one attached hydrogen (secondary N) is 1. The Balaban J connectivity index is 1.26. The predicted molar refractivity (Wildman–Crippen MR) is 209 cm³/mol. The molecule has 1 aliphatic rings. The highest BCUT2D eigenvalue weighted by Gasteiger charge is 2.37. The Bertz CT molecular complexity index is 1750. The molecule has 53 heavy (non-hydrogen) atoms. The van der Waals surface area contributed by atoms with Crippen molar-refractivity contribution in [1.82, 2.24) is 20.2 Å². The predicted octanol–water partition coefficient (Wildman–Crippen LogP) is 7.74. The highest BCUT2D eigenvalue weighted by atomic mass is 16.5. The van der Waals surface area contributed by atoms with E-state index in [2.05, 4.69) is 43.0 Å². The van der Waals surface area contributed by atoms with Crippen molar-refractivity contribution in [1.29, 1.82) is 0 Å². The molecular weight excluding hydrogens is 665 g/mol. The first-order chi connectivity index (χ1) is 25.4. The van der Waals surface area contributed by atoms with Crippen LogP contribution in [0.5, 0.6) is 5.75 Å². The molecule has 3 atom stereocenters. The fourth-order valence-electron chi connectivity index (χ4n) is 6.94. The molecule has 3 aromatic carbocycles. The number of aromatic nitrogens is 2. The monoisotopic (exact) mass is 720 g/mol. The number of unbranched alkanes of at least 4 members (excludes halogenated alkanes) is 4. The third kappa shape index (κ3) is 10.7. The van der Waals surface area contributed by atoms with E-state index < -0.39 is 18.2 Å². The van der Waals surface area contributed by atoms with Crippen molar-refractivity contribution in [2.45, 2.75) is 110 Å². The molecule has 2 heterocycles. The van der Waals surface area contributed by atoms with Crippen LogP contribution in [-0.2, 0) is 16.6 Å². The third-order valence-electron chi connectivity index (χ3n) is 10.3. The third-order valence-corrected chi connectivity index (χ3v) is 10.3. The van der Waals surface area contributed by atoms with Gasteiger partial charge in [0, 0.05) is 54.0 Å². The molecule has 0 aliphatic carbocycles. The number of ether oxygens (including phenoxy) is 1. The van der Waals surface area contributed by atoms with Gasteiger partial charge < -0.3 is 25.2 Å². The van der Waals surface area contributed by atoms with Gasteiger partial charge in [-0.2, -0.15) is 0 Å². The first kappa shape index (κ1) is 39.6. The summed E-state index contributed by atoms with van der Waals surface area (Å²) in [7, 11) is 0. The molecule has 2 amide bonds. The SMILES string of the molecule is CCCCCCCOc1ccc(-c2cnc(-c3ccc(C[C@H](NC(=O)c4ccc(C(C)(C)C)cc4)C(=O)N4CCC[C@@H](C(O)O)[C@H]4C)cc3)nc2)cc1. The first-order valence-electron chi connectivity index (χ1n) is 19.2. The number of rotatable bonds is 15. The number of hydrogen-bond acceptors (Lipinski definition) is 7. The quantitative estimate of drug-likeness (QED) is 0.0848. The van der Waals surface area contributed by atoms with Gasteiger partial charge in [-0.05, 0) is 72.6 Å².